The van der Waals surface area contributed by atoms with Crippen molar-refractivity contribution in [2.75, 3.05) is 19.7 Å². The summed E-state index contributed by atoms with van der Waals surface area (Å²) in [7, 11) is 0. The van der Waals surface area contributed by atoms with E-state index in [1.54, 1.807) is 33.8 Å². The molecule has 208 valence electrons. The number of carbonyl (C=O) groups excluding carboxylic acids is 4. The van der Waals surface area contributed by atoms with Gasteiger partial charge < -0.3 is 25.0 Å². The number of hydrogen-bond donors (Lipinski definition) is 2. The summed E-state index contributed by atoms with van der Waals surface area (Å²) >= 11 is 0. The Morgan fingerprint density at radius 3 is 2.30 bits per heavy atom. The number of nitrogens with zero attached hydrogens (tertiary/aromatic N) is 1. The van der Waals surface area contributed by atoms with Crippen LogP contribution in [0.3, 0.4) is 0 Å². The van der Waals surface area contributed by atoms with Gasteiger partial charge in [0.05, 0.1) is 13.0 Å². The molecule has 0 radical (unpaired) electrons. The average Bonchev–Trinajstić information content (AvgIpc) is 2.76. The SMILES string of the molecule is CCCN(C(=O)C(CC(C)C)NC(=O)OC(C)(C)C)C(C(=O)NCCC(=O)OCC)c1cccc(C)c1. The first-order valence-electron chi connectivity index (χ1n) is 13.1. The lowest BCUT2D eigenvalue weighted by Gasteiger charge is -2.35. The molecule has 0 spiro atoms. The normalized spacial score (nSPS) is 12.9. The number of ether oxygens (including phenoxy) is 2. The second kappa shape index (κ2) is 15.2. The molecule has 0 aliphatic heterocycles. The third-order valence-electron chi connectivity index (χ3n) is 5.30. The van der Waals surface area contributed by atoms with E-state index in [0.29, 0.717) is 24.9 Å². The number of hydrogen-bond acceptors (Lipinski definition) is 6. The number of alkyl carbamates (subject to hydrolysis) is 1. The molecule has 9 nitrogen and oxygen atoms in total. The molecule has 0 aliphatic rings. The number of aryl methyl sites for hydroxylation is 1. The molecule has 2 N–H and O–H groups in total. The van der Waals surface area contributed by atoms with Gasteiger partial charge in [0.15, 0.2) is 0 Å². The third kappa shape index (κ3) is 11.7. The fourth-order valence-electron chi connectivity index (χ4n) is 3.88. The number of rotatable bonds is 13. The Bertz CT molecular complexity index is 909. The number of amides is 3. The van der Waals surface area contributed by atoms with Crippen LogP contribution in [0.1, 0.15) is 84.9 Å². The van der Waals surface area contributed by atoms with E-state index < -0.39 is 35.7 Å². The maximum Gasteiger partial charge on any atom is 0.408 e. The van der Waals surface area contributed by atoms with Crippen LogP contribution in [-0.2, 0) is 23.9 Å². The molecule has 3 amide bonds. The van der Waals surface area contributed by atoms with Crippen LogP contribution in [0.15, 0.2) is 24.3 Å². The van der Waals surface area contributed by atoms with E-state index in [1.807, 2.05) is 45.9 Å². The van der Waals surface area contributed by atoms with E-state index in [4.69, 9.17) is 9.47 Å². The molecule has 0 bridgehead atoms. The standard InChI is InChI=1S/C28H45N3O6/c1-9-16-31(26(34)22(17-19(3)4)30-27(35)37-28(6,7)8)24(21-13-11-12-20(5)18-21)25(33)29-15-14-23(32)36-10-2/h11-13,18-19,22,24H,9-10,14-17H2,1-8H3,(H,29,33)(H,30,35). The fourth-order valence-corrected chi connectivity index (χ4v) is 3.88. The molecule has 0 heterocycles. The van der Waals surface area contributed by atoms with Gasteiger partial charge in [-0.25, -0.2) is 4.79 Å². The van der Waals surface area contributed by atoms with Crippen LogP contribution >= 0.6 is 0 Å². The summed E-state index contributed by atoms with van der Waals surface area (Å²) in [5.74, 6) is -1.08. The van der Waals surface area contributed by atoms with Crippen LogP contribution in [0.4, 0.5) is 4.79 Å². The number of nitrogens with one attached hydrogen (secondary N) is 2. The number of carbonyl (C=O) groups is 4. The quantitative estimate of drug-likeness (QED) is 0.376. The molecule has 0 saturated carbocycles. The van der Waals surface area contributed by atoms with Crippen LogP contribution in [-0.4, -0.2) is 60.1 Å². The van der Waals surface area contributed by atoms with Crippen LogP contribution in [0.2, 0.25) is 0 Å². The van der Waals surface area contributed by atoms with Crippen LogP contribution in [0, 0.1) is 12.8 Å². The highest BCUT2D eigenvalue weighted by atomic mass is 16.6. The summed E-state index contributed by atoms with van der Waals surface area (Å²) < 4.78 is 10.3. The maximum atomic E-state index is 13.9. The van der Waals surface area contributed by atoms with E-state index in [9.17, 15) is 19.2 Å². The minimum Gasteiger partial charge on any atom is -0.466 e. The summed E-state index contributed by atoms with van der Waals surface area (Å²) in [6, 6.07) is 5.60. The predicted molar refractivity (Wildman–Crippen MR) is 143 cm³/mol. The van der Waals surface area contributed by atoms with Crippen molar-refractivity contribution in [2.24, 2.45) is 5.92 Å². The summed E-state index contributed by atoms with van der Waals surface area (Å²) in [5.41, 5.74) is 0.869. The predicted octanol–water partition coefficient (Wildman–Crippen LogP) is 4.28. The molecular weight excluding hydrogens is 474 g/mol. The number of esters is 1. The zero-order chi connectivity index (χ0) is 28.2. The first kappa shape index (κ1) is 31.9. The van der Waals surface area contributed by atoms with E-state index in [-0.39, 0.29) is 31.4 Å². The van der Waals surface area contributed by atoms with Crippen molar-refractivity contribution in [3.05, 3.63) is 35.4 Å². The van der Waals surface area contributed by atoms with Gasteiger partial charge in [0, 0.05) is 13.1 Å². The molecule has 0 saturated heterocycles. The molecule has 1 rings (SSSR count). The van der Waals surface area contributed by atoms with Crippen molar-refractivity contribution in [1.29, 1.82) is 0 Å². The molecule has 0 aromatic heterocycles. The molecule has 1 aromatic carbocycles. The van der Waals surface area contributed by atoms with E-state index >= 15 is 0 Å². The average molecular weight is 520 g/mol. The largest absolute Gasteiger partial charge is 0.466 e. The van der Waals surface area contributed by atoms with Crippen molar-refractivity contribution < 1.29 is 28.7 Å². The summed E-state index contributed by atoms with van der Waals surface area (Å²) in [5, 5.41) is 5.52. The van der Waals surface area contributed by atoms with Gasteiger partial charge in [-0.1, -0.05) is 50.6 Å². The highest BCUT2D eigenvalue weighted by Crippen LogP contribution is 2.25. The van der Waals surface area contributed by atoms with E-state index in [1.165, 1.54) is 4.90 Å². The van der Waals surface area contributed by atoms with Gasteiger partial charge in [-0.2, -0.15) is 0 Å². The Kier molecular flexibility index (Phi) is 13.1. The first-order chi connectivity index (χ1) is 17.3. The topological polar surface area (TPSA) is 114 Å². The lowest BCUT2D eigenvalue weighted by atomic mass is 9.98. The molecule has 1 aromatic rings. The lowest BCUT2D eigenvalue weighted by Crippen LogP contribution is -2.53. The van der Waals surface area contributed by atoms with Crippen molar-refractivity contribution >= 4 is 23.9 Å². The minimum absolute atomic E-state index is 0.0258. The highest BCUT2D eigenvalue weighted by Gasteiger charge is 2.36. The van der Waals surface area contributed by atoms with Crippen molar-refractivity contribution in [1.82, 2.24) is 15.5 Å². The molecule has 9 heteroatoms. The molecular formula is C28H45N3O6. The zero-order valence-corrected chi connectivity index (χ0v) is 23.7. The van der Waals surface area contributed by atoms with Crippen LogP contribution < -0.4 is 10.6 Å². The van der Waals surface area contributed by atoms with E-state index in [0.717, 1.165) is 5.56 Å². The van der Waals surface area contributed by atoms with E-state index in [2.05, 4.69) is 10.6 Å². The lowest BCUT2D eigenvalue weighted by molar-refractivity contribution is -0.144. The molecule has 37 heavy (non-hydrogen) atoms. The fraction of sp³-hybridized carbons (Fsp3) is 0.643. The Hall–Kier alpha value is -3.10. The second-order valence-corrected chi connectivity index (χ2v) is 10.5. The summed E-state index contributed by atoms with van der Waals surface area (Å²) in [4.78, 5) is 53.3. The van der Waals surface area contributed by atoms with Gasteiger partial charge in [-0.05, 0) is 58.9 Å². The van der Waals surface area contributed by atoms with Gasteiger partial charge in [0.1, 0.15) is 17.7 Å². The first-order valence-corrected chi connectivity index (χ1v) is 13.1. The third-order valence-corrected chi connectivity index (χ3v) is 5.30. The van der Waals surface area contributed by atoms with Gasteiger partial charge in [0.25, 0.3) is 0 Å². The monoisotopic (exact) mass is 519 g/mol. The molecule has 2 unspecified atom stereocenters. The Morgan fingerprint density at radius 2 is 1.76 bits per heavy atom. The smallest absolute Gasteiger partial charge is 0.408 e. The molecule has 0 fully saturated rings. The van der Waals surface area contributed by atoms with Crippen LogP contribution in [0.5, 0.6) is 0 Å². The number of benzene rings is 1. The van der Waals surface area contributed by atoms with Gasteiger partial charge >= 0.3 is 12.1 Å². The van der Waals surface area contributed by atoms with Crippen molar-refractivity contribution in [3.63, 3.8) is 0 Å². The highest BCUT2D eigenvalue weighted by molar-refractivity contribution is 5.92. The zero-order valence-electron chi connectivity index (χ0n) is 23.7. The maximum absolute atomic E-state index is 13.9. The summed E-state index contributed by atoms with van der Waals surface area (Å²) in [6.45, 7) is 15.4. The Labute approximate surface area is 221 Å². The minimum atomic E-state index is -0.940. The van der Waals surface area contributed by atoms with Gasteiger partial charge in [0.2, 0.25) is 11.8 Å². The molecule has 0 aliphatic carbocycles. The Balaban J connectivity index is 3.34. The molecule has 2 atom stereocenters. The summed E-state index contributed by atoms with van der Waals surface area (Å²) in [6.07, 6.45) is 0.320. The van der Waals surface area contributed by atoms with Crippen molar-refractivity contribution in [2.45, 2.75) is 92.3 Å². The van der Waals surface area contributed by atoms with Crippen molar-refractivity contribution in [3.8, 4) is 0 Å². The second-order valence-electron chi connectivity index (χ2n) is 10.5. The van der Waals surface area contributed by atoms with Gasteiger partial charge in [-0.15, -0.1) is 0 Å². The van der Waals surface area contributed by atoms with Crippen LogP contribution in [0.25, 0.3) is 0 Å². The van der Waals surface area contributed by atoms with Gasteiger partial charge in [-0.3, -0.25) is 14.4 Å². The Morgan fingerprint density at radius 1 is 1.08 bits per heavy atom.